The molecule has 3 aromatic heterocycles. The normalized spacial score (nSPS) is 12.0. The second-order valence-electron chi connectivity index (χ2n) is 7.94. The highest BCUT2D eigenvalue weighted by molar-refractivity contribution is 5.95. The number of aliphatic carboxylic acids is 2. The smallest absolute Gasteiger partial charge is 0.475 e. The number of carbonyl (C=O) groups is 2. The van der Waals surface area contributed by atoms with Crippen molar-refractivity contribution in [2.75, 3.05) is 5.32 Å². The SMILES string of the molecule is FC(F)(F)c1ccc(-c2nc3c([nH]2)-c2ccncc2Nc2ncccc2-3)cc1.O=C(O)C(F)(F)F.O=C(O)C(F)(F)F. The number of H-pyrrole nitrogens is 1. The molecule has 9 nitrogen and oxygen atoms in total. The van der Waals surface area contributed by atoms with E-state index < -0.39 is 36.0 Å². The van der Waals surface area contributed by atoms with Gasteiger partial charge in [-0.25, -0.2) is 19.6 Å². The van der Waals surface area contributed by atoms with E-state index in [2.05, 4.69) is 25.3 Å². The zero-order chi connectivity index (χ0) is 31.5. The van der Waals surface area contributed by atoms with Crippen molar-refractivity contribution in [2.45, 2.75) is 18.5 Å². The third-order valence-electron chi connectivity index (χ3n) is 5.08. The first-order valence-corrected chi connectivity index (χ1v) is 10.9. The summed E-state index contributed by atoms with van der Waals surface area (Å²) in [6, 6.07) is 10.5. The summed E-state index contributed by atoms with van der Waals surface area (Å²) in [4.78, 5) is 34.3. The Labute approximate surface area is 227 Å². The number of aromatic nitrogens is 4. The molecule has 4 aromatic rings. The van der Waals surface area contributed by atoms with Gasteiger partial charge in [-0.05, 0) is 30.3 Å². The van der Waals surface area contributed by atoms with Gasteiger partial charge in [0.15, 0.2) is 0 Å². The summed E-state index contributed by atoms with van der Waals surface area (Å²) >= 11 is 0. The molecule has 1 aliphatic rings. The average molecular weight is 607 g/mol. The minimum atomic E-state index is -5.08. The molecule has 0 saturated carbocycles. The van der Waals surface area contributed by atoms with Crippen molar-refractivity contribution in [3.05, 3.63) is 66.6 Å². The van der Waals surface area contributed by atoms with Crippen molar-refractivity contribution in [1.29, 1.82) is 0 Å². The Bertz CT molecular complexity index is 1490. The van der Waals surface area contributed by atoms with Gasteiger partial charge in [-0.15, -0.1) is 0 Å². The number of benzene rings is 1. The number of anilines is 2. The lowest BCUT2D eigenvalue weighted by molar-refractivity contribution is -0.193. The number of carboxylic acids is 2. The van der Waals surface area contributed by atoms with Crippen LogP contribution in [-0.4, -0.2) is 54.4 Å². The van der Waals surface area contributed by atoms with E-state index in [0.29, 0.717) is 22.9 Å². The first-order valence-electron chi connectivity index (χ1n) is 10.9. The molecule has 0 amide bonds. The molecule has 4 N–H and O–H groups in total. The van der Waals surface area contributed by atoms with Crippen LogP contribution in [0.4, 0.5) is 51.0 Å². The van der Waals surface area contributed by atoms with Crippen molar-refractivity contribution in [2.24, 2.45) is 0 Å². The standard InChI is InChI=1S/C20H12F3N5.2C2HF3O2/c21-20(22,23)12-5-3-11(4-6-12)18-27-16-13-7-9-24-10-15(13)26-19-14(17(16)28-18)2-1-8-25-19;2*3-2(4,5)1(6)7/h1-10H,(H,25,26)(H,27,28);2*(H,6,7). The molecule has 0 unspecified atom stereocenters. The maximum atomic E-state index is 12.8. The maximum absolute atomic E-state index is 12.8. The largest absolute Gasteiger partial charge is 0.490 e. The lowest BCUT2D eigenvalue weighted by Crippen LogP contribution is -2.21. The van der Waals surface area contributed by atoms with Crippen LogP contribution in [0.2, 0.25) is 0 Å². The molecule has 1 aromatic carbocycles. The van der Waals surface area contributed by atoms with E-state index in [1.807, 2.05) is 18.2 Å². The van der Waals surface area contributed by atoms with Crippen molar-refractivity contribution < 1.29 is 59.3 Å². The molecule has 4 heterocycles. The fourth-order valence-electron chi connectivity index (χ4n) is 3.25. The molecule has 0 fully saturated rings. The van der Waals surface area contributed by atoms with Crippen molar-refractivity contribution in [3.8, 4) is 33.9 Å². The summed E-state index contributed by atoms with van der Waals surface area (Å²) in [6.07, 6.45) is -9.49. The average Bonchev–Trinajstić information content (AvgIpc) is 3.28. The number of nitrogens with zero attached hydrogens (tertiary/aromatic N) is 3. The van der Waals surface area contributed by atoms with Crippen LogP contribution in [0.1, 0.15) is 5.56 Å². The number of fused-ring (bicyclic) bond motifs is 5. The Balaban J connectivity index is 0.000000289. The van der Waals surface area contributed by atoms with E-state index in [4.69, 9.17) is 19.8 Å². The van der Waals surface area contributed by atoms with E-state index in [1.165, 1.54) is 12.1 Å². The van der Waals surface area contributed by atoms with Gasteiger partial charge in [-0.1, -0.05) is 12.1 Å². The zero-order valence-electron chi connectivity index (χ0n) is 20.2. The number of halogens is 9. The Morgan fingerprint density at radius 1 is 0.762 bits per heavy atom. The number of imidazole rings is 1. The third kappa shape index (κ3) is 7.52. The summed E-state index contributed by atoms with van der Waals surface area (Å²) < 4.78 is 102. The number of hydrogen-bond acceptors (Lipinski definition) is 6. The van der Waals surface area contributed by atoms with Gasteiger partial charge in [-0.2, -0.15) is 39.5 Å². The van der Waals surface area contributed by atoms with Gasteiger partial charge >= 0.3 is 30.5 Å². The lowest BCUT2D eigenvalue weighted by Gasteiger charge is -2.08. The van der Waals surface area contributed by atoms with E-state index >= 15 is 0 Å². The first-order chi connectivity index (χ1) is 19.4. The Hall–Kier alpha value is -5.16. The summed E-state index contributed by atoms with van der Waals surface area (Å²) in [5.74, 6) is -4.39. The quantitative estimate of drug-likeness (QED) is 0.158. The number of nitrogens with one attached hydrogen (secondary N) is 2. The molecule has 5 rings (SSSR count). The van der Waals surface area contributed by atoms with Gasteiger partial charge in [-0.3, -0.25) is 4.98 Å². The predicted molar refractivity (Wildman–Crippen MR) is 126 cm³/mol. The number of rotatable bonds is 1. The fraction of sp³-hybridized carbons (Fsp3) is 0.125. The minimum absolute atomic E-state index is 0.484. The zero-order valence-corrected chi connectivity index (χ0v) is 20.2. The number of hydrogen-bond donors (Lipinski definition) is 4. The summed E-state index contributed by atoms with van der Waals surface area (Å²) in [7, 11) is 0. The Morgan fingerprint density at radius 3 is 1.86 bits per heavy atom. The van der Waals surface area contributed by atoms with E-state index in [0.717, 1.165) is 34.6 Å². The van der Waals surface area contributed by atoms with Gasteiger partial charge in [0.25, 0.3) is 0 Å². The summed E-state index contributed by atoms with van der Waals surface area (Å²) in [6.45, 7) is 0. The Morgan fingerprint density at radius 2 is 1.33 bits per heavy atom. The second-order valence-corrected chi connectivity index (χ2v) is 7.94. The van der Waals surface area contributed by atoms with Crippen LogP contribution in [0, 0.1) is 0 Å². The highest BCUT2D eigenvalue weighted by atomic mass is 19.4. The van der Waals surface area contributed by atoms with Crippen molar-refractivity contribution in [1.82, 2.24) is 19.9 Å². The van der Waals surface area contributed by atoms with Crippen LogP contribution in [-0.2, 0) is 15.8 Å². The van der Waals surface area contributed by atoms with Gasteiger partial charge in [0.05, 0.1) is 23.1 Å². The Kier molecular flexibility index (Phi) is 8.78. The number of pyridine rings is 2. The molecule has 0 spiro atoms. The van der Waals surface area contributed by atoms with Crippen molar-refractivity contribution >= 4 is 23.4 Å². The maximum Gasteiger partial charge on any atom is 0.490 e. The molecular formula is C24H14F9N5O4. The predicted octanol–water partition coefficient (Wildman–Crippen LogP) is 6.54. The number of carboxylic acid groups (broad SMARTS) is 2. The molecule has 222 valence electrons. The molecule has 0 aliphatic carbocycles. The van der Waals surface area contributed by atoms with Crippen LogP contribution in [0.25, 0.3) is 33.9 Å². The summed E-state index contributed by atoms with van der Waals surface area (Å²) in [5.41, 5.74) is 3.72. The highest BCUT2D eigenvalue weighted by Crippen LogP contribution is 2.42. The molecule has 18 heteroatoms. The van der Waals surface area contributed by atoms with Crippen LogP contribution in [0.3, 0.4) is 0 Å². The van der Waals surface area contributed by atoms with Crippen LogP contribution >= 0.6 is 0 Å². The number of alkyl halides is 9. The van der Waals surface area contributed by atoms with Crippen LogP contribution < -0.4 is 5.32 Å². The molecule has 42 heavy (non-hydrogen) atoms. The fourth-order valence-corrected chi connectivity index (χ4v) is 3.25. The van der Waals surface area contributed by atoms with Gasteiger partial charge in [0.2, 0.25) is 0 Å². The minimum Gasteiger partial charge on any atom is -0.475 e. The van der Waals surface area contributed by atoms with Crippen LogP contribution in [0.5, 0.6) is 0 Å². The van der Waals surface area contributed by atoms with E-state index in [1.54, 1.807) is 18.6 Å². The highest BCUT2D eigenvalue weighted by Gasteiger charge is 2.39. The van der Waals surface area contributed by atoms with Crippen LogP contribution in [0.15, 0.2) is 61.1 Å². The molecule has 0 bridgehead atoms. The van der Waals surface area contributed by atoms with Gasteiger partial charge < -0.3 is 20.5 Å². The summed E-state index contributed by atoms with van der Waals surface area (Å²) in [5, 5.41) is 17.5. The second kappa shape index (κ2) is 11.8. The molecule has 1 aliphatic heterocycles. The molecule has 0 radical (unpaired) electrons. The molecule has 0 atom stereocenters. The lowest BCUT2D eigenvalue weighted by atomic mass is 10.1. The first kappa shape index (κ1) is 31.4. The molecular weight excluding hydrogens is 593 g/mol. The third-order valence-corrected chi connectivity index (χ3v) is 5.08. The molecule has 0 saturated heterocycles. The number of aromatic amines is 1. The van der Waals surface area contributed by atoms with Gasteiger partial charge in [0.1, 0.15) is 17.3 Å². The van der Waals surface area contributed by atoms with E-state index in [-0.39, 0.29) is 0 Å². The topological polar surface area (TPSA) is 141 Å². The van der Waals surface area contributed by atoms with Crippen molar-refractivity contribution in [3.63, 3.8) is 0 Å². The van der Waals surface area contributed by atoms with E-state index in [9.17, 15) is 39.5 Å². The van der Waals surface area contributed by atoms with Gasteiger partial charge in [0, 0.05) is 29.1 Å². The monoisotopic (exact) mass is 607 g/mol.